The van der Waals surface area contributed by atoms with Gasteiger partial charge in [0.05, 0.1) is 0 Å². The van der Waals surface area contributed by atoms with Gasteiger partial charge in [0.25, 0.3) is 6.47 Å². The first kappa shape index (κ1) is 23.3. The zero-order valence-corrected chi connectivity index (χ0v) is 5.95. The topological polar surface area (TPSA) is 169 Å². The molecule has 0 radical (unpaired) electrons. The van der Waals surface area contributed by atoms with E-state index in [4.69, 9.17) is 44.7 Å². The second-order valence-corrected chi connectivity index (χ2v) is 0.998. The first-order valence-corrected chi connectivity index (χ1v) is 2.25. The average Bonchev–Trinajstić information content (AvgIpc) is 1.87. The summed E-state index contributed by atoms with van der Waals surface area (Å²) in [6, 6.07) is 0. The molecule has 0 fully saturated rings. The predicted molar refractivity (Wildman–Crippen MR) is 41.8 cm³/mol. The van der Waals surface area contributed by atoms with Gasteiger partial charge in [-0.05, 0) is 0 Å². The van der Waals surface area contributed by atoms with E-state index < -0.39 is 18.1 Å². The molecule has 0 spiro atoms. The van der Waals surface area contributed by atoms with Gasteiger partial charge < -0.3 is 25.5 Å². The van der Waals surface area contributed by atoms with E-state index in [1.807, 2.05) is 0 Å². The quantitative estimate of drug-likeness (QED) is 0.190. The molecule has 0 aliphatic rings. The van der Waals surface area contributed by atoms with Crippen LogP contribution in [0.4, 0.5) is 4.79 Å². The van der Waals surface area contributed by atoms with Gasteiger partial charge in [-0.2, -0.15) is 0 Å². The average molecular weight is 238 g/mol. The van der Waals surface area contributed by atoms with Crippen LogP contribution in [0.5, 0.6) is 0 Å². The van der Waals surface area contributed by atoms with E-state index in [2.05, 4.69) is 0 Å². The third-order valence-corrected chi connectivity index (χ3v) is 0.183. The van der Waals surface area contributed by atoms with Gasteiger partial charge in [0, 0.05) is 0 Å². The number of carboxylic acid groups (broad SMARTS) is 5. The number of aliphatic carboxylic acids is 2. The van der Waals surface area contributed by atoms with E-state index in [0.29, 0.717) is 0 Å². The summed E-state index contributed by atoms with van der Waals surface area (Å²) in [7, 11) is 0. The second kappa shape index (κ2) is 18.2. The maximum absolute atomic E-state index is 9.10. The molecule has 0 saturated carbocycles. The van der Waals surface area contributed by atoms with Gasteiger partial charge in [0.1, 0.15) is 0 Å². The summed E-state index contributed by atoms with van der Waals surface area (Å²) in [5, 5.41) is 35.6. The Bertz CT molecular complexity index is 171. The SMILES string of the molecule is O=C(O)C(=O)O.O=C(O)O.O=CO.[KH]. The van der Waals surface area contributed by atoms with E-state index in [-0.39, 0.29) is 57.9 Å². The number of hydrogen-bond donors (Lipinski definition) is 5. The summed E-state index contributed by atoms with van der Waals surface area (Å²) in [4.78, 5) is 35.1. The van der Waals surface area contributed by atoms with E-state index in [0.717, 1.165) is 0 Å². The summed E-state index contributed by atoms with van der Waals surface area (Å²) in [6.45, 7) is -0.250. The van der Waals surface area contributed by atoms with Crippen molar-refractivity contribution in [1.82, 2.24) is 0 Å². The fourth-order valence-electron chi connectivity index (χ4n) is 0. The van der Waals surface area contributed by atoms with Crippen molar-refractivity contribution < 1.29 is 44.7 Å². The van der Waals surface area contributed by atoms with Gasteiger partial charge >= 0.3 is 69.5 Å². The predicted octanol–water partition coefficient (Wildman–Crippen LogP) is -1.57. The Morgan fingerprint density at radius 2 is 0.929 bits per heavy atom. The fraction of sp³-hybridized carbons (Fsp3) is 0. The second-order valence-electron chi connectivity index (χ2n) is 0.998. The minimum absolute atomic E-state index is 0. The molecule has 0 aromatic heterocycles. The number of carbonyl (C=O) groups is 4. The van der Waals surface area contributed by atoms with Gasteiger partial charge in [-0.1, -0.05) is 0 Å². The molecule has 0 unspecified atom stereocenters. The molecule has 0 aromatic carbocycles. The molecule has 0 bridgehead atoms. The molecular weight excluding hydrogens is 231 g/mol. The molecule has 0 amide bonds. The molecule has 0 aliphatic heterocycles. The Kier molecular flexibility index (Phi) is 30.2. The van der Waals surface area contributed by atoms with E-state index in [9.17, 15) is 0 Å². The zero-order valence-electron chi connectivity index (χ0n) is 5.95. The third kappa shape index (κ3) is 110. The van der Waals surface area contributed by atoms with Crippen molar-refractivity contribution in [1.29, 1.82) is 0 Å². The summed E-state index contributed by atoms with van der Waals surface area (Å²) in [5.41, 5.74) is 0. The molecule has 0 aromatic rings. The molecule has 9 nitrogen and oxygen atoms in total. The van der Waals surface area contributed by atoms with E-state index in [1.165, 1.54) is 0 Å². The normalized spacial score (nSPS) is 5.71. The summed E-state index contributed by atoms with van der Waals surface area (Å²) < 4.78 is 0. The molecule has 0 atom stereocenters. The van der Waals surface area contributed by atoms with Crippen LogP contribution in [0.3, 0.4) is 0 Å². The fourth-order valence-corrected chi connectivity index (χ4v) is 0. The van der Waals surface area contributed by atoms with Crippen molar-refractivity contribution in [3.05, 3.63) is 0 Å². The Balaban J connectivity index is -0.0000000553. The van der Waals surface area contributed by atoms with Crippen molar-refractivity contribution >= 4 is 76.0 Å². The van der Waals surface area contributed by atoms with Crippen LogP contribution >= 0.6 is 0 Å². The van der Waals surface area contributed by atoms with E-state index >= 15 is 0 Å². The molecule has 0 saturated heterocycles. The molecular formula is C4H7KO9. The van der Waals surface area contributed by atoms with Crippen molar-refractivity contribution in [3.63, 3.8) is 0 Å². The summed E-state index contributed by atoms with van der Waals surface area (Å²) in [6.07, 6.45) is -1.83. The molecule has 10 heteroatoms. The first-order valence-electron chi connectivity index (χ1n) is 2.25. The van der Waals surface area contributed by atoms with Gasteiger partial charge in [0.2, 0.25) is 0 Å². The van der Waals surface area contributed by atoms with Crippen LogP contribution in [0.25, 0.3) is 0 Å². The molecule has 0 heterocycles. The van der Waals surface area contributed by atoms with Crippen molar-refractivity contribution in [2.75, 3.05) is 0 Å². The summed E-state index contributed by atoms with van der Waals surface area (Å²) >= 11 is 0. The van der Waals surface area contributed by atoms with Crippen LogP contribution in [0.15, 0.2) is 0 Å². The Morgan fingerprint density at radius 3 is 0.929 bits per heavy atom. The minimum atomic E-state index is -1.83. The van der Waals surface area contributed by atoms with Crippen molar-refractivity contribution in [2.45, 2.75) is 0 Å². The van der Waals surface area contributed by atoms with Crippen molar-refractivity contribution in [2.24, 2.45) is 0 Å². The van der Waals surface area contributed by atoms with Crippen LogP contribution in [0, 0.1) is 0 Å². The standard InChI is InChI=1S/C2H2O4.CH2O3.CH2O2.K.H/c3-1(4)2(5)6;2-1(3)4;2-1-3;;/h(H,3,4)(H,5,6);(H2,2,3,4);1H,(H,2,3);;. The van der Waals surface area contributed by atoms with Crippen LogP contribution in [-0.4, -0.2) is 101 Å². The number of carboxylic acids is 2. The molecule has 5 N–H and O–H groups in total. The van der Waals surface area contributed by atoms with Gasteiger partial charge in [-0.15, -0.1) is 0 Å². The zero-order chi connectivity index (χ0) is 11.4. The Hall–Kier alpha value is -0.684. The molecule has 14 heavy (non-hydrogen) atoms. The molecule has 78 valence electrons. The first-order chi connectivity index (χ1) is 5.79. The molecule has 0 rings (SSSR count). The van der Waals surface area contributed by atoms with Gasteiger partial charge in [0.15, 0.2) is 0 Å². The van der Waals surface area contributed by atoms with Crippen molar-refractivity contribution in [3.8, 4) is 0 Å². The number of rotatable bonds is 0. The monoisotopic (exact) mass is 238 g/mol. The van der Waals surface area contributed by atoms with Crippen LogP contribution in [0.2, 0.25) is 0 Å². The molecule has 0 aliphatic carbocycles. The van der Waals surface area contributed by atoms with Gasteiger partial charge in [-0.25, -0.2) is 14.4 Å². The Morgan fingerprint density at radius 1 is 0.857 bits per heavy atom. The van der Waals surface area contributed by atoms with E-state index in [1.54, 1.807) is 0 Å². The maximum atomic E-state index is 9.10. The van der Waals surface area contributed by atoms with Crippen LogP contribution in [-0.2, 0) is 14.4 Å². The third-order valence-electron chi connectivity index (χ3n) is 0.183. The Labute approximate surface area is 119 Å². The number of hydrogen-bond acceptors (Lipinski definition) is 4. The van der Waals surface area contributed by atoms with Crippen LogP contribution < -0.4 is 0 Å². The van der Waals surface area contributed by atoms with Crippen LogP contribution in [0.1, 0.15) is 0 Å². The van der Waals surface area contributed by atoms with Gasteiger partial charge in [-0.3, -0.25) is 4.79 Å². The summed E-state index contributed by atoms with van der Waals surface area (Å²) in [5.74, 6) is -3.65.